The summed E-state index contributed by atoms with van der Waals surface area (Å²) in [4.78, 5) is 12.7. The van der Waals surface area contributed by atoms with Gasteiger partial charge in [0.05, 0.1) is 6.10 Å². The molecule has 0 bridgehead atoms. The van der Waals surface area contributed by atoms with Gasteiger partial charge in [0.25, 0.3) is 0 Å². The lowest BCUT2D eigenvalue weighted by molar-refractivity contribution is -0.113. The van der Waals surface area contributed by atoms with E-state index in [0.717, 1.165) is 36.0 Å². The first-order chi connectivity index (χ1) is 11.1. The van der Waals surface area contributed by atoms with Gasteiger partial charge in [0.2, 0.25) is 0 Å². The van der Waals surface area contributed by atoms with E-state index in [2.05, 4.69) is 13.5 Å². The third-order valence-corrected chi connectivity index (χ3v) is 5.55. The largest absolute Gasteiger partial charge is 0.392 e. The average molecular weight is 308 g/mol. The van der Waals surface area contributed by atoms with Crippen molar-refractivity contribution in [3.8, 4) is 0 Å². The van der Waals surface area contributed by atoms with Gasteiger partial charge in [0, 0.05) is 11.0 Å². The van der Waals surface area contributed by atoms with Crippen molar-refractivity contribution in [1.82, 2.24) is 0 Å². The van der Waals surface area contributed by atoms with Crippen molar-refractivity contribution in [2.45, 2.75) is 38.7 Å². The molecule has 0 heterocycles. The number of carbonyl (C=O) groups excluding carboxylic acids is 1. The second kappa shape index (κ2) is 6.29. The van der Waals surface area contributed by atoms with Crippen molar-refractivity contribution < 1.29 is 9.90 Å². The van der Waals surface area contributed by atoms with Crippen molar-refractivity contribution in [2.24, 2.45) is 11.3 Å². The number of carbonyl (C=O) groups is 1. The molecule has 1 N–H and O–H groups in total. The topological polar surface area (TPSA) is 37.3 Å². The third kappa shape index (κ3) is 2.61. The van der Waals surface area contributed by atoms with Crippen LogP contribution < -0.4 is 0 Å². The highest BCUT2D eigenvalue weighted by molar-refractivity contribution is 6.09. The zero-order valence-electron chi connectivity index (χ0n) is 13.7. The summed E-state index contributed by atoms with van der Waals surface area (Å²) >= 11 is 0. The molecule has 1 aromatic rings. The van der Waals surface area contributed by atoms with Crippen LogP contribution in [0, 0.1) is 11.3 Å². The summed E-state index contributed by atoms with van der Waals surface area (Å²) in [5.41, 5.74) is 2.56. The van der Waals surface area contributed by atoms with Crippen LogP contribution >= 0.6 is 0 Å². The Hall–Kier alpha value is -1.93. The van der Waals surface area contributed by atoms with Gasteiger partial charge in [-0.3, -0.25) is 4.79 Å². The zero-order valence-corrected chi connectivity index (χ0v) is 13.7. The smallest absolute Gasteiger partial charge is 0.182 e. The Kier molecular flexibility index (Phi) is 4.36. The summed E-state index contributed by atoms with van der Waals surface area (Å²) in [6.45, 7) is 5.98. The molecule has 0 amide bonds. The lowest BCUT2D eigenvalue weighted by Crippen LogP contribution is -2.48. The van der Waals surface area contributed by atoms with Crippen LogP contribution in [-0.4, -0.2) is 17.0 Å². The van der Waals surface area contributed by atoms with Gasteiger partial charge in [-0.25, -0.2) is 0 Å². The molecule has 120 valence electrons. The first kappa shape index (κ1) is 15.9. The fourth-order valence-corrected chi connectivity index (χ4v) is 4.30. The van der Waals surface area contributed by atoms with Crippen molar-refractivity contribution in [1.29, 1.82) is 0 Å². The second-order valence-corrected chi connectivity index (χ2v) is 6.71. The maximum Gasteiger partial charge on any atom is 0.182 e. The first-order valence-electron chi connectivity index (χ1n) is 8.40. The molecule has 0 radical (unpaired) electrons. The van der Waals surface area contributed by atoms with Crippen LogP contribution in [0.1, 0.15) is 38.2 Å². The summed E-state index contributed by atoms with van der Waals surface area (Å²) in [5.74, 6) is 0.0775. The molecule has 1 fully saturated rings. The number of allylic oxidation sites excluding steroid dienone is 3. The summed E-state index contributed by atoms with van der Waals surface area (Å²) < 4.78 is 0. The number of benzene rings is 1. The quantitative estimate of drug-likeness (QED) is 0.667. The molecule has 1 aromatic carbocycles. The molecule has 0 unspecified atom stereocenters. The Morgan fingerprint density at radius 1 is 1.35 bits per heavy atom. The summed E-state index contributed by atoms with van der Waals surface area (Å²) in [5, 5.41) is 10.8. The zero-order chi connectivity index (χ0) is 16.4. The fraction of sp³-hybridized carbons (Fsp3) is 0.381. The summed E-state index contributed by atoms with van der Waals surface area (Å²) in [6.07, 6.45) is 8.58. The van der Waals surface area contributed by atoms with E-state index in [1.807, 2.05) is 42.5 Å². The normalized spacial score (nSPS) is 32.3. The van der Waals surface area contributed by atoms with Crippen LogP contribution in [0.25, 0.3) is 6.08 Å². The molecule has 3 rings (SSSR count). The minimum Gasteiger partial charge on any atom is -0.392 e. The van der Waals surface area contributed by atoms with Crippen LogP contribution in [0.4, 0.5) is 0 Å². The minimum absolute atomic E-state index is 0.0106. The number of hydrogen-bond donors (Lipinski definition) is 1. The molecule has 0 spiro atoms. The number of hydrogen-bond acceptors (Lipinski definition) is 2. The van der Waals surface area contributed by atoms with E-state index >= 15 is 0 Å². The Morgan fingerprint density at radius 3 is 2.78 bits per heavy atom. The van der Waals surface area contributed by atoms with Crippen molar-refractivity contribution in [3.05, 3.63) is 65.8 Å². The molecule has 1 saturated carbocycles. The summed E-state index contributed by atoms with van der Waals surface area (Å²) in [6, 6.07) is 9.92. The third-order valence-electron chi connectivity index (χ3n) is 5.55. The molecular formula is C21H24O2. The number of fused-ring (bicyclic) bond motifs is 1. The number of aliphatic hydroxyl groups excluding tert-OH is 1. The molecule has 2 nitrogen and oxygen atoms in total. The van der Waals surface area contributed by atoms with Crippen molar-refractivity contribution in [3.63, 3.8) is 0 Å². The number of ketones is 1. The van der Waals surface area contributed by atoms with Gasteiger partial charge in [0.1, 0.15) is 0 Å². The minimum atomic E-state index is -0.414. The van der Waals surface area contributed by atoms with Gasteiger partial charge in [0.15, 0.2) is 5.78 Å². The highest BCUT2D eigenvalue weighted by Gasteiger charge is 2.50. The first-order valence-corrected chi connectivity index (χ1v) is 8.40. The van der Waals surface area contributed by atoms with Crippen LogP contribution in [0.5, 0.6) is 0 Å². The van der Waals surface area contributed by atoms with Crippen LogP contribution in [0.15, 0.2) is 60.2 Å². The van der Waals surface area contributed by atoms with E-state index in [9.17, 15) is 9.90 Å². The van der Waals surface area contributed by atoms with Gasteiger partial charge in [-0.1, -0.05) is 48.9 Å². The van der Waals surface area contributed by atoms with Crippen LogP contribution in [0.3, 0.4) is 0 Å². The Bertz CT molecular complexity index is 668. The van der Waals surface area contributed by atoms with Crippen LogP contribution in [-0.2, 0) is 4.79 Å². The Morgan fingerprint density at radius 2 is 2.09 bits per heavy atom. The fourth-order valence-electron chi connectivity index (χ4n) is 4.30. The van der Waals surface area contributed by atoms with Gasteiger partial charge in [-0.15, -0.1) is 6.58 Å². The Labute approximate surface area is 138 Å². The van der Waals surface area contributed by atoms with E-state index in [-0.39, 0.29) is 17.1 Å². The molecule has 0 aromatic heterocycles. The second-order valence-electron chi connectivity index (χ2n) is 6.71. The Balaban J connectivity index is 2.11. The maximum absolute atomic E-state index is 12.7. The standard InChI is InChI=1S/C21H24O2/c1-3-12-21-15(2)18(13-16-8-5-4-6-9-16)19(22)14-17(21)10-7-11-20(21)23/h3-6,8-9,13-15,20,23H,1,7,10-12H2,2H3/t15-,20-,21-/m0/s1. The predicted molar refractivity (Wildman–Crippen MR) is 93.8 cm³/mol. The van der Waals surface area contributed by atoms with Gasteiger partial charge in [-0.2, -0.15) is 0 Å². The highest BCUT2D eigenvalue weighted by Crippen LogP contribution is 2.54. The monoisotopic (exact) mass is 308 g/mol. The SMILES string of the molecule is C=CC[C@@]12C(=CC(=O)C(=Cc3ccccc3)[C@@H]1C)CCC[C@@H]2O. The molecule has 23 heavy (non-hydrogen) atoms. The van der Waals surface area contributed by atoms with Crippen LogP contribution in [0.2, 0.25) is 0 Å². The number of aliphatic hydroxyl groups is 1. The van der Waals surface area contributed by atoms with E-state index in [4.69, 9.17) is 0 Å². The lowest BCUT2D eigenvalue weighted by atomic mass is 9.55. The van der Waals surface area contributed by atoms with Gasteiger partial charge >= 0.3 is 0 Å². The van der Waals surface area contributed by atoms with Crippen molar-refractivity contribution in [2.75, 3.05) is 0 Å². The lowest BCUT2D eigenvalue weighted by Gasteiger charge is -2.50. The van der Waals surface area contributed by atoms with E-state index < -0.39 is 6.10 Å². The van der Waals surface area contributed by atoms with Crippen molar-refractivity contribution >= 4 is 11.9 Å². The maximum atomic E-state index is 12.7. The molecule has 2 aliphatic carbocycles. The van der Waals surface area contributed by atoms with E-state index in [1.165, 1.54) is 0 Å². The van der Waals surface area contributed by atoms with E-state index in [0.29, 0.717) is 6.42 Å². The van der Waals surface area contributed by atoms with Gasteiger partial charge < -0.3 is 5.11 Å². The molecule has 2 aliphatic rings. The molecule has 2 heteroatoms. The average Bonchev–Trinajstić information content (AvgIpc) is 2.55. The molecule has 0 aliphatic heterocycles. The summed E-state index contributed by atoms with van der Waals surface area (Å²) in [7, 11) is 0. The predicted octanol–water partition coefficient (Wildman–Crippen LogP) is 4.32. The number of rotatable bonds is 3. The van der Waals surface area contributed by atoms with E-state index in [1.54, 1.807) is 6.08 Å². The highest BCUT2D eigenvalue weighted by atomic mass is 16.3. The molecular weight excluding hydrogens is 284 g/mol. The molecule has 3 atom stereocenters. The molecule has 0 saturated heterocycles. The van der Waals surface area contributed by atoms with Gasteiger partial charge in [-0.05, 0) is 49.3 Å².